The first-order valence-electron chi connectivity index (χ1n) is 8.92. The monoisotopic (exact) mass is 399 g/mol. The summed E-state index contributed by atoms with van der Waals surface area (Å²) in [5.41, 5.74) is 1.17. The summed E-state index contributed by atoms with van der Waals surface area (Å²) in [4.78, 5) is 37.1. The van der Waals surface area contributed by atoms with E-state index in [1.165, 1.54) is 32.4 Å². The van der Waals surface area contributed by atoms with Crippen LogP contribution in [0.5, 0.6) is 11.5 Å². The summed E-state index contributed by atoms with van der Waals surface area (Å²) in [6.45, 7) is 1.89. The minimum atomic E-state index is -0.524. The molecule has 152 valence electrons. The Kier molecular flexibility index (Phi) is 5.67. The number of ether oxygens (including phenoxy) is 2. The van der Waals surface area contributed by atoms with Crippen LogP contribution in [0.3, 0.4) is 0 Å². The molecule has 0 aromatic heterocycles. The third kappa shape index (κ3) is 4.13. The largest absolute Gasteiger partial charge is 0.493 e. The average molecular weight is 399 g/mol. The Morgan fingerprint density at radius 3 is 2.55 bits per heavy atom. The Hall–Kier alpha value is -3.62. The van der Waals surface area contributed by atoms with Gasteiger partial charge in [-0.1, -0.05) is 6.07 Å². The number of hydrogen-bond donors (Lipinski definition) is 1. The minimum absolute atomic E-state index is 0.118. The van der Waals surface area contributed by atoms with Crippen molar-refractivity contribution in [2.45, 2.75) is 19.4 Å². The van der Waals surface area contributed by atoms with E-state index < -0.39 is 16.9 Å². The predicted octanol–water partition coefficient (Wildman–Crippen LogP) is 2.46. The third-order valence-electron chi connectivity index (χ3n) is 4.81. The van der Waals surface area contributed by atoms with Crippen molar-refractivity contribution in [3.63, 3.8) is 0 Å². The van der Waals surface area contributed by atoms with E-state index in [2.05, 4.69) is 5.32 Å². The Balaban J connectivity index is 1.73. The van der Waals surface area contributed by atoms with E-state index in [0.717, 1.165) is 0 Å². The fourth-order valence-corrected chi connectivity index (χ4v) is 3.26. The van der Waals surface area contributed by atoms with Crippen LogP contribution in [-0.4, -0.2) is 43.5 Å². The Labute approximate surface area is 167 Å². The van der Waals surface area contributed by atoms with Crippen molar-refractivity contribution < 1.29 is 24.0 Å². The van der Waals surface area contributed by atoms with Gasteiger partial charge in [0.1, 0.15) is 0 Å². The Morgan fingerprint density at radius 1 is 1.17 bits per heavy atom. The second-order valence-electron chi connectivity index (χ2n) is 6.68. The number of benzene rings is 2. The number of methoxy groups -OCH3 is 2. The van der Waals surface area contributed by atoms with Crippen LogP contribution in [-0.2, 0) is 4.79 Å². The minimum Gasteiger partial charge on any atom is -0.493 e. The van der Waals surface area contributed by atoms with Crippen molar-refractivity contribution in [3.05, 3.63) is 57.6 Å². The van der Waals surface area contributed by atoms with Gasteiger partial charge < -0.3 is 19.7 Å². The number of carbonyl (C=O) groups is 2. The summed E-state index contributed by atoms with van der Waals surface area (Å²) in [7, 11) is 3.04. The fraction of sp³-hybridized carbons (Fsp3) is 0.300. The molecular formula is C20H21N3O6. The molecule has 1 aliphatic heterocycles. The lowest BCUT2D eigenvalue weighted by Gasteiger charge is -2.19. The van der Waals surface area contributed by atoms with Crippen molar-refractivity contribution in [3.8, 4) is 11.5 Å². The maximum atomic E-state index is 12.5. The van der Waals surface area contributed by atoms with Gasteiger partial charge in [-0.05, 0) is 25.1 Å². The van der Waals surface area contributed by atoms with Crippen molar-refractivity contribution in [1.82, 2.24) is 5.32 Å². The topological polar surface area (TPSA) is 111 Å². The molecule has 0 unspecified atom stereocenters. The highest BCUT2D eigenvalue weighted by atomic mass is 16.6. The normalized spacial score (nSPS) is 15.9. The third-order valence-corrected chi connectivity index (χ3v) is 4.81. The summed E-state index contributed by atoms with van der Waals surface area (Å²) in [5.74, 6) is 0.448. The maximum Gasteiger partial charge on any atom is 0.273 e. The van der Waals surface area contributed by atoms with Crippen LogP contribution in [0.4, 0.5) is 11.4 Å². The zero-order valence-corrected chi connectivity index (χ0v) is 16.3. The number of nitro benzene ring substituents is 1. The molecule has 1 heterocycles. The van der Waals surface area contributed by atoms with Gasteiger partial charge in [-0.25, -0.2) is 0 Å². The molecule has 29 heavy (non-hydrogen) atoms. The number of hydrogen-bond acceptors (Lipinski definition) is 6. The van der Waals surface area contributed by atoms with Crippen LogP contribution in [0.15, 0.2) is 36.4 Å². The van der Waals surface area contributed by atoms with E-state index in [4.69, 9.17) is 9.47 Å². The smallest absolute Gasteiger partial charge is 0.273 e. The molecular weight excluding hydrogens is 378 g/mol. The van der Waals surface area contributed by atoms with Gasteiger partial charge >= 0.3 is 0 Å². The molecule has 1 aliphatic rings. The van der Waals surface area contributed by atoms with Crippen LogP contribution in [0.25, 0.3) is 0 Å². The van der Waals surface area contributed by atoms with E-state index in [0.29, 0.717) is 22.7 Å². The van der Waals surface area contributed by atoms with E-state index in [1.807, 2.05) is 0 Å². The molecule has 0 aliphatic carbocycles. The van der Waals surface area contributed by atoms with Crippen LogP contribution in [0.1, 0.15) is 22.3 Å². The number of nitrogens with zero attached hydrogens (tertiary/aromatic N) is 2. The highest BCUT2D eigenvalue weighted by Crippen LogP contribution is 2.33. The molecule has 1 N–H and O–H groups in total. The van der Waals surface area contributed by atoms with Crippen LogP contribution >= 0.6 is 0 Å². The van der Waals surface area contributed by atoms with E-state index in [9.17, 15) is 19.7 Å². The van der Waals surface area contributed by atoms with Crippen LogP contribution in [0, 0.1) is 17.0 Å². The Bertz CT molecular complexity index is 975. The SMILES string of the molecule is COc1ccc(N2C[C@H](NC(=O)c3ccc(C)c([N+](=O)[O-])c3)CC2=O)cc1OC. The van der Waals surface area contributed by atoms with Gasteiger partial charge in [-0.3, -0.25) is 19.7 Å². The quantitative estimate of drug-likeness (QED) is 0.590. The second-order valence-corrected chi connectivity index (χ2v) is 6.68. The summed E-state index contributed by atoms with van der Waals surface area (Å²) in [5, 5.41) is 13.9. The van der Waals surface area contributed by atoms with Gasteiger partial charge in [0.15, 0.2) is 11.5 Å². The summed E-state index contributed by atoms with van der Waals surface area (Å²) in [6.07, 6.45) is 0.133. The lowest BCUT2D eigenvalue weighted by atomic mass is 10.1. The van der Waals surface area contributed by atoms with E-state index >= 15 is 0 Å². The zero-order chi connectivity index (χ0) is 21.1. The van der Waals surface area contributed by atoms with Crippen LogP contribution < -0.4 is 19.7 Å². The lowest BCUT2D eigenvalue weighted by molar-refractivity contribution is -0.385. The summed E-state index contributed by atoms with van der Waals surface area (Å²) in [6, 6.07) is 9.04. The standard InChI is InChI=1S/C20H21N3O6/c1-12-4-5-13(8-16(12)23(26)27)20(25)21-14-9-19(24)22(11-14)15-6-7-17(28-2)18(10-15)29-3/h4-8,10,14H,9,11H2,1-3H3,(H,21,25)/t14-/m1/s1. The van der Waals surface area contributed by atoms with Crippen molar-refractivity contribution in [2.75, 3.05) is 25.7 Å². The number of carbonyl (C=O) groups excluding carboxylic acids is 2. The molecule has 1 fully saturated rings. The highest BCUT2D eigenvalue weighted by Gasteiger charge is 2.32. The number of nitro groups is 1. The molecule has 0 saturated carbocycles. The van der Waals surface area contributed by atoms with Gasteiger partial charge in [0.05, 0.1) is 25.2 Å². The van der Waals surface area contributed by atoms with Gasteiger partial charge in [0, 0.05) is 41.9 Å². The van der Waals surface area contributed by atoms with Gasteiger partial charge in [-0.2, -0.15) is 0 Å². The van der Waals surface area contributed by atoms with Gasteiger partial charge in [0.2, 0.25) is 5.91 Å². The molecule has 0 radical (unpaired) electrons. The number of aryl methyl sites for hydroxylation is 1. The highest BCUT2D eigenvalue weighted by molar-refractivity contribution is 5.99. The second kappa shape index (κ2) is 8.17. The molecule has 1 saturated heterocycles. The van der Waals surface area contributed by atoms with Crippen molar-refractivity contribution >= 4 is 23.2 Å². The molecule has 0 spiro atoms. The lowest BCUT2D eigenvalue weighted by Crippen LogP contribution is -2.37. The molecule has 2 aromatic rings. The summed E-state index contributed by atoms with van der Waals surface area (Å²) >= 11 is 0. The molecule has 9 nitrogen and oxygen atoms in total. The first-order valence-corrected chi connectivity index (χ1v) is 8.92. The first-order chi connectivity index (χ1) is 13.8. The predicted molar refractivity (Wildman–Crippen MR) is 106 cm³/mol. The first kappa shape index (κ1) is 20.1. The molecule has 2 amide bonds. The van der Waals surface area contributed by atoms with E-state index in [1.54, 1.807) is 30.0 Å². The average Bonchev–Trinajstić information content (AvgIpc) is 3.07. The number of anilines is 1. The van der Waals surface area contributed by atoms with E-state index in [-0.39, 0.29) is 30.1 Å². The Morgan fingerprint density at radius 2 is 1.90 bits per heavy atom. The number of rotatable bonds is 6. The number of amides is 2. The van der Waals surface area contributed by atoms with Crippen LogP contribution in [0.2, 0.25) is 0 Å². The maximum absolute atomic E-state index is 12.5. The molecule has 1 atom stereocenters. The van der Waals surface area contributed by atoms with Crippen molar-refractivity contribution in [1.29, 1.82) is 0 Å². The van der Waals surface area contributed by atoms with Crippen molar-refractivity contribution in [2.24, 2.45) is 0 Å². The van der Waals surface area contributed by atoms with Gasteiger partial charge in [-0.15, -0.1) is 0 Å². The fourth-order valence-electron chi connectivity index (χ4n) is 3.26. The summed E-state index contributed by atoms with van der Waals surface area (Å²) < 4.78 is 10.5. The molecule has 2 aromatic carbocycles. The van der Waals surface area contributed by atoms with Gasteiger partial charge in [0.25, 0.3) is 11.6 Å². The zero-order valence-electron chi connectivity index (χ0n) is 16.3. The number of nitrogens with one attached hydrogen (secondary N) is 1. The molecule has 3 rings (SSSR count). The molecule has 9 heteroatoms. The molecule has 0 bridgehead atoms.